The fourth-order valence-electron chi connectivity index (χ4n) is 5.06. The molecule has 2 aromatic carbocycles. The van der Waals surface area contributed by atoms with E-state index in [0.29, 0.717) is 12.2 Å². The van der Waals surface area contributed by atoms with Crippen molar-refractivity contribution >= 4 is 70.9 Å². The Bertz CT molecular complexity index is 1270. The number of hydrogen-bond donors (Lipinski definition) is 2. The Balaban J connectivity index is 1.59. The first-order valence-electron chi connectivity index (χ1n) is 12.8. The zero-order valence-corrected chi connectivity index (χ0v) is 22.4. The maximum Gasteiger partial charge on any atom is 0.254 e. The predicted molar refractivity (Wildman–Crippen MR) is 158 cm³/mol. The lowest BCUT2D eigenvalue weighted by Crippen LogP contribution is -2.63. The van der Waals surface area contributed by atoms with Gasteiger partial charge in [0.2, 0.25) is 5.91 Å². The molecule has 2 aliphatic rings. The maximum atomic E-state index is 13.6. The third-order valence-corrected chi connectivity index (χ3v) is 7.48. The van der Waals surface area contributed by atoms with Gasteiger partial charge in [-0.15, -0.1) is 0 Å². The predicted octanol–water partition coefficient (Wildman–Crippen LogP) is -0.746. The maximum absolute atomic E-state index is 13.6. The molecule has 0 saturated carbocycles. The van der Waals surface area contributed by atoms with Crippen molar-refractivity contribution in [3.8, 4) is 0 Å². The SMILES string of the molecule is [B]C1([B])c2c(NCc3ccc(CN4CCOCC4)cc3)cccc2C(=O)N1C(C(=O)NC)C([B])([B])C([B])([B])C=O. The monoisotopic (exact) mass is 524 g/mol. The van der Waals surface area contributed by atoms with Gasteiger partial charge in [-0.05, 0) is 34.2 Å². The molecule has 1 saturated heterocycles. The van der Waals surface area contributed by atoms with Crippen LogP contribution in [0.1, 0.15) is 27.0 Å². The fraction of sp³-hybridized carbons (Fsp3) is 0.423. The molecule has 4 rings (SSSR count). The van der Waals surface area contributed by atoms with E-state index in [1.165, 1.54) is 18.7 Å². The average Bonchev–Trinajstić information content (AvgIpc) is 3.14. The highest BCUT2D eigenvalue weighted by atomic mass is 16.5. The summed E-state index contributed by atoms with van der Waals surface area (Å²) in [6.45, 7) is 4.53. The van der Waals surface area contributed by atoms with Gasteiger partial charge in [-0.25, -0.2) is 0 Å². The Morgan fingerprint density at radius 3 is 2.30 bits per heavy atom. The van der Waals surface area contributed by atoms with E-state index in [9.17, 15) is 14.4 Å². The molecule has 40 heavy (non-hydrogen) atoms. The lowest BCUT2D eigenvalue weighted by Gasteiger charge is -2.52. The number of nitrogens with one attached hydrogen (secondary N) is 2. The van der Waals surface area contributed by atoms with Gasteiger partial charge in [0.25, 0.3) is 5.91 Å². The minimum absolute atomic E-state index is 0.102. The Labute approximate surface area is 243 Å². The highest BCUT2D eigenvalue weighted by Gasteiger charge is 2.55. The molecule has 192 valence electrons. The van der Waals surface area contributed by atoms with Crippen LogP contribution in [0.2, 0.25) is 10.4 Å². The number of carbonyl (C=O) groups is 3. The number of fused-ring (bicyclic) bond motifs is 1. The van der Waals surface area contributed by atoms with E-state index in [4.69, 9.17) is 51.8 Å². The molecule has 0 spiro atoms. The van der Waals surface area contributed by atoms with Gasteiger partial charge in [-0.1, -0.05) is 40.8 Å². The summed E-state index contributed by atoms with van der Waals surface area (Å²) in [5.41, 5.74) is 2.99. The van der Waals surface area contributed by atoms with Gasteiger partial charge in [-0.3, -0.25) is 14.5 Å². The summed E-state index contributed by atoms with van der Waals surface area (Å²) in [5.74, 6) is -1.59. The quantitative estimate of drug-likeness (QED) is 0.315. The molecule has 8 nitrogen and oxygen atoms in total. The van der Waals surface area contributed by atoms with Crippen LogP contribution in [0.5, 0.6) is 0 Å². The number of likely N-dealkylation sites (N-methyl/N-ethyl adjacent to an activating group) is 1. The largest absolute Gasteiger partial charge is 0.381 e. The molecule has 12 radical (unpaired) electrons. The van der Waals surface area contributed by atoms with Crippen LogP contribution in [0.25, 0.3) is 0 Å². The van der Waals surface area contributed by atoms with Gasteiger partial charge >= 0.3 is 0 Å². The summed E-state index contributed by atoms with van der Waals surface area (Å²) in [7, 11) is 38.4. The molecule has 1 unspecified atom stereocenters. The van der Waals surface area contributed by atoms with Gasteiger partial charge in [0.1, 0.15) is 12.3 Å². The van der Waals surface area contributed by atoms with Gasteiger partial charge in [0, 0.05) is 44.5 Å². The van der Waals surface area contributed by atoms with Crippen LogP contribution in [-0.4, -0.2) is 114 Å². The number of carbonyl (C=O) groups excluding carboxylic acids is 3. The van der Waals surface area contributed by atoms with Crippen molar-refractivity contribution in [2.75, 3.05) is 38.7 Å². The van der Waals surface area contributed by atoms with Crippen LogP contribution in [0.4, 0.5) is 5.69 Å². The second-order valence-corrected chi connectivity index (χ2v) is 10.3. The zero-order valence-electron chi connectivity index (χ0n) is 22.4. The number of rotatable bonds is 10. The second-order valence-electron chi connectivity index (χ2n) is 10.3. The molecular formula is C26H26B6N4O4. The number of ether oxygens (including phenoxy) is 1. The minimum atomic E-state index is -2.45. The smallest absolute Gasteiger partial charge is 0.254 e. The van der Waals surface area contributed by atoms with Crippen molar-refractivity contribution in [2.45, 2.75) is 34.9 Å². The fourth-order valence-corrected chi connectivity index (χ4v) is 5.06. The topological polar surface area (TPSA) is 91.0 Å². The van der Waals surface area contributed by atoms with Gasteiger partial charge < -0.3 is 25.1 Å². The molecule has 0 bridgehead atoms. The lowest BCUT2D eigenvalue weighted by atomic mass is 9.28. The van der Waals surface area contributed by atoms with Crippen LogP contribution < -0.4 is 10.6 Å². The first-order valence-corrected chi connectivity index (χ1v) is 12.8. The Hall–Kier alpha value is -2.84. The standard InChI is InChI=1S/C26H26B6N4O4/c1-33-22(38)21(25(29,30)24(27,28)15-37)36-23(39)18-3-2-4-19(20(18)26(36,31)32)34-13-16-5-7-17(8-6-16)14-35-9-11-40-12-10-35/h2-8,15,21,34H,9-14H2,1H3,(H,33,38). The van der Waals surface area contributed by atoms with Crippen LogP contribution in [0.15, 0.2) is 42.5 Å². The molecule has 2 N–H and O–H groups in total. The number of amides is 2. The third-order valence-electron chi connectivity index (χ3n) is 7.48. The summed E-state index contributed by atoms with van der Waals surface area (Å²) in [6.07, 6.45) is 0.102. The van der Waals surface area contributed by atoms with Crippen molar-refractivity contribution in [1.82, 2.24) is 15.1 Å². The van der Waals surface area contributed by atoms with Crippen LogP contribution in [0.3, 0.4) is 0 Å². The van der Waals surface area contributed by atoms with Gasteiger partial charge in [0.15, 0.2) is 0 Å². The zero-order chi connectivity index (χ0) is 29.3. The minimum Gasteiger partial charge on any atom is -0.381 e. The number of aldehydes is 1. The summed E-state index contributed by atoms with van der Waals surface area (Å²) >= 11 is 0. The Kier molecular flexibility index (Phi) is 8.71. The van der Waals surface area contributed by atoms with Crippen LogP contribution in [0, 0.1) is 0 Å². The first-order chi connectivity index (χ1) is 18.8. The second kappa shape index (κ2) is 11.6. The van der Waals surface area contributed by atoms with E-state index in [1.54, 1.807) is 12.1 Å². The number of anilines is 1. The molecule has 2 aliphatic heterocycles. The Morgan fingerprint density at radius 1 is 1.07 bits per heavy atom. The molecule has 14 heteroatoms. The van der Waals surface area contributed by atoms with Crippen molar-refractivity contribution in [3.63, 3.8) is 0 Å². The van der Waals surface area contributed by atoms with Crippen molar-refractivity contribution in [2.24, 2.45) is 0 Å². The average molecular weight is 523 g/mol. The first kappa shape index (κ1) is 30.1. The molecule has 1 atom stereocenters. The van der Waals surface area contributed by atoms with Crippen molar-refractivity contribution in [1.29, 1.82) is 0 Å². The molecule has 2 aromatic rings. The van der Waals surface area contributed by atoms with E-state index in [2.05, 4.69) is 27.7 Å². The number of benzene rings is 2. The summed E-state index contributed by atoms with van der Waals surface area (Å²) in [6, 6.07) is 11.2. The summed E-state index contributed by atoms with van der Waals surface area (Å²) in [5, 5.41) is -1.28. The molecule has 2 heterocycles. The van der Waals surface area contributed by atoms with E-state index >= 15 is 0 Å². The highest BCUT2D eigenvalue weighted by molar-refractivity contribution is 6.60. The van der Waals surface area contributed by atoms with Crippen molar-refractivity contribution in [3.05, 3.63) is 64.7 Å². The summed E-state index contributed by atoms with van der Waals surface area (Å²) < 4.78 is 5.41. The number of morpholine rings is 1. The molecule has 0 aliphatic carbocycles. The molecule has 2 amide bonds. The third kappa shape index (κ3) is 5.53. The van der Waals surface area contributed by atoms with Crippen LogP contribution >= 0.6 is 0 Å². The van der Waals surface area contributed by atoms with Crippen LogP contribution in [-0.2, 0) is 32.8 Å². The number of hydrogen-bond acceptors (Lipinski definition) is 6. The van der Waals surface area contributed by atoms with E-state index < -0.39 is 33.6 Å². The number of nitrogens with zero attached hydrogens (tertiary/aromatic N) is 2. The van der Waals surface area contributed by atoms with Crippen molar-refractivity contribution < 1.29 is 19.1 Å². The molecule has 1 fully saturated rings. The summed E-state index contributed by atoms with van der Waals surface area (Å²) in [4.78, 5) is 41.4. The Morgan fingerprint density at radius 2 is 1.70 bits per heavy atom. The van der Waals surface area contributed by atoms with E-state index in [1.807, 2.05) is 12.1 Å². The van der Waals surface area contributed by atoms with E-state index in [-0.39, 0.29) is 17.4 Å². The normalized spacial score (nSPS) is 18.1. The van der Waals surface area contributed by atoms with Gasteiger partial charge in [0.05, 0.1) is 60.3 Å². The van der Waals surface area contributed by atoms with E-state index in [0.717, 1.165) is 43.3 Å². The lowest BCUT2D eigenvalue weighted by molar-refractivity contribution is -0.126. The molecular weight excluding hydrogens is 497 g/mol. The molecule has 0 aromatic heterocycles. The highest BCUT2D eigenvalue weighted by Crippen LogP contribution is 2.50. The van der Waals surface area contributed by atoms with Gasteiger partial charge in [-0.2, -0.15) is 0 Å².